The number of carbonyl (C=O) groups excluding carboxylic acids is 1. The molecule has 0 aliphatic carbocycles. The van der Waals surface area contributed by atoms with Crippen molar-refractivity contribution in [3.63, 3.8) is 0 Å². The molecule has 2 aromatic carbocycles. The van der Waals surface area contributed by atoms with E-state index in [0.29, 0.717) is 23.2 Å². The molecule has 0 saturated heterocycles. The van der Waals surface area contributed by atoms with Gasteiger partial charge in [0.2, 0.25) is 0 Å². The fraction of sp³-hybridized carbons (Fsp3) is 0.250. The second-order valence-electron chi connectivity index (χ2n) is 7.83. The number of esters is 1. The highest BCUT2D eigenvalue weighted by atomic mass is 16.5. The lowest BCUT2D eigenvalue weighted by molar-refractivity contribution is -0.134. The van der Waals surface area contributed by atoms with Crippen molar-refractivity contribution in [3.8, 4) is 17.0 Å². The molecule has 0 bridgehead atoms. The van der Waals surface area contributed by atoms with E-state index in [4.69, 9.17) is 16.2 Å². The summed E-state index contributed by atoms with van der Waals surface area (Å²) in [5.74, 6) is 0.798. The molecule has 0 aliphatic rings. The van der Waals surface area contributed by atoms with Crippen molar-refractivity contribution in [2.45, 2.75) is 32.7 Å². The largest absolute Gasteiger partial charge is 0.424 e. The molecule has 0 saturated carbocycles. The van der Waals surface area contributed by atoms with Crippen LogP contribution < -0.4 is 21.5 Å². The first kappa shape index (κ1) is 22.9. The molecular formula is C24H28N6O2. The van der Waals surface area contributed by atoms with Crippen molar-refractivity contribution in [2.75, 3.05) is 5.32 Å². The molecule has 5 N–H and O–H groups in total. The van der Waals surface area contributed by atoms with Gasteiger partial charge >= 0.3 is 5.97 Å². The number of hydrogen-bond donors (Lipinski definition) is 3. The Hall–Kier alpha value is -3.78. The first-order valence-electron chi connectivity index (χ1n) is 10.5. The molecule has 166 valence electrons. The van der Waals surface area contributed by atoms with Crippen LogP contribution in [0.5, 0.6) is 5.75 Å². The number of anilines is 1. The zero-order chi connectivity index (χ0) is 22.9. The predicted molar refractivity (Wildman–Crippen MR) is 126 cm³/mol. The molecule has 1 unspecified atom stereocenters. The zero-order valence-electron chi connectivity index (χ0n) is 18.2. The van der Waals surface area contributed by atoms with Gasteiger partial charge in [0.05, 0.1) is 17.8 Å². The van der Waals surface area contributed by atoms with Gasteiger partial charge in [0, 0.05) is 11.6 Å². The van der Waals surface area contributed by atoms with Crippen LogP contribution in [-0.4, -0.2) is 28.2 Å². The Morgan fingerprint density at radius 3 is 2.44 bits per heavy atom. The van der Waals surface area contributed by atoms with Crippen molar-refractivity contribution in [2.24, 2.45) is 22.4 Å². The second kappa shape index (κ2) is 11.0. The Kier molecular flexibility index (Phi) is 7.88. The fourth-order valence-electron chi connectivity index (χ4n) is 3.16. The number of para-hydroxylation sites is 2. The van der Waals surface area contributed by atoms with Gasteiger partial charge in [-0.3, -0.25) is 4.79 Å². The first-order chi connectivity index (χ1) is 15.4. The van der Waals surface area contributed by atoms with E-state index >= 15 is 0 Å². The Labute approximate surface area is 187 Å². The van der Waals surface area contributed by atoms with Crippen molar-refractivity contribution in [3.05, 3.63) is 66.7 Å². The summed E-state index contributed by atoms with van der Waals surface area (Å²) in [5, 5.41) is 11.2. The second-order valence-corrected chi connectivity index (χ2v) is 7.83. The summed E-state index contributed by atoms with van der Waals surface area (Å²) in [4.78, 5) is 16.5. The molecular weight excluding hydrogens is 404 g/mol. The molecule has 8 nitrogen and oxygen atoms in total. The number of carbonyl (C=O) groups is 1. The smallest absolute Gasteiger partial charge is 0.312 e. The molecule has 3 aromatic rings. The number of rotatable bonds is 8. The quantitative estimate of drug-likeness (QED) is 0.213. The molecule has 1 heterocycles. The first-order valence-corrected chi connectivity index (χ1v) is 10.5. The maximum Gasteiger partial charge on any atom is 0.312 e. The minimum absolute atomic E-state index is 0.0896. The summed E-state index contributed by atoms with van der Waals surface area (Å²) in [5.41, 5.74) is 14.3. The fourth-order valence-corrected chi connectivity index (χ4v) is 3.16. The number of hydrogen-bond acceptors (Lipinski definition) is 6. The Morgan fingerprint density at radius 2 is 1.75 bits per heavy atom. The van der Waals surface area contributed by atoms with E-state index < -0.39 is 5.97 Å². The summed E-state index contributed by atoms with van der Waals surface area (Å²) in [7, 11) is 0. The number of nitrogens with zero attached hydrogens (tertiary/aromatic N) is 3. The highest BCUT2D eigenvalue weighted by molar-refractivity contribution is 5.95. The molecule has 1 aromatic heterocycles. The van der Waals surface area contributed by atoms with Crippen LogP contribution in [-0.2, 0) is 4.79 Å². The van der Waals surface area contributed by atoms with E-state index in [1.165, 1.54) is 0 Å². The lowest BCUT2D eigenvalue weighted by Gasteiger charge is -2.15. The number of ether oxygens (including phenoxy) is 1. The number of guanidine groups is 1. The molecule has 8 heteroatoms. The van der Waals surface area contributed by atoms with Gasteiger partial charge in [0.15, 0.2) is 17.5 Å². The van der Waals surface area contributed by atoms with E-state index in [9.17, 15) is 4.79 Å². The Bertz CT molecular complexity index is 1050. The third kappa shape index (κ3) is 6.88. The molecule has 32 heavy (non-hydrogen) atoms. The van der Waals surface area contributed by atoms with Crippen molar-refractivity contribution >= 4 is 23.4 Å². The van der Waals surface area contributed by atoms with Crippen LogP contribution in [0.25, 0.3) is 11.3 Å². The van der Waals surface area contributed by atoms with E-state index in [-0.39, 0.29) is 18.4 Å². The van der Waals surface area contributed by atoms with Crippen LogP contribution in [0.2, 0.25) is 0 Å². The average Bonchev–Trinajstić information content (AvgIpc) is 2.75. The molecule has 0 fully saturated rings. The van der Waals surface area contributed by atoms with Crippen LogP contribution in [0.4, 0.5) is 11.5 Å². The average molecular weight is 433 g/mol. The van der Waals surface area contributed by atoms with E-state index in [1.54, 1.807) is 30.3 Å². The maximum atomic E-state index is 12.3. The summed E-state index contributed by atoms with van der Waals surface area (Å²) in [6.45, 7) is 4.12. The van der Waals surface area contributed by atoms with Crippen LogP contribution >= 0.6 is 0 Å². The Morgan fingerprint density at radius 1 is 1.03 bits per heavy atom. The summed E-state index contributed by atoms with van der Waals surface area (Å²) in [6.07, 6.45) is 0.887. The normalized spacial score (nSPS) is 12.4. The summed E-state index contributed by atoms with van der Waals surface area (Å²) in [6, 6.07) is 20.0. The van der Waals surface area contributed by atoms with Crippen LogP contribution in [0.15, 0.2) is 71.7 Å². The number of nitrogens with two attached hydrogens (primary N) is 2. The van der Waals surface area contributed by atoms with Crippen molar-refractivity contribution in [1.82, 2.24) is 10.2 Å². The minimum Gasteiger partial charge on any atom is -0.424 e. The van der Waals surface area contributed by atoms with Crippen molar-refractivity contribution < 1.29 is 9.53 Å². The van der Waals surface area contributed by atoms with Gasteiger partial charge in [-0.25, -0.2) is 0 Å². The lowest BCUT2D eigenvalue weighted by Crippen LogP contribution is -2.28. The molecule has 0 radical (unpaired) electrons. The van der Waals surface area contributed by atoms with Crippen LogP contribution in [0.1, 0.15) is 26.7 Å². The zero-order valence-corrected chi connectivity index (χ0v) is 18.2. The number of nitrogens with one attached hydrogen (secondary N) is 1. The molecule has 0 spiro atoms. The van der Waals surface area contributed by atoms with Gasteiger partial charge in [-0.15, -0.1) is 10.2 Å². The van der Waals surface area contributed by atoms with Gasteiger partial charge in [0.1, 0.15) is 0 Å². The number of benzene rings is 2. The van der Waals surface area contributed by atoms with Gasteiger partial charge in [0.25, 0.3) is 0 Å². The standard InChI is InChI=1S/C24H28N6O2/c1-16(2)14-18(25)15-23(31)32-21-11-7-6-10-20(21)27-24(26)28-22-13-12-19(29-30-22)17-8-4-3-5-9-17/h3-13,16,18H,14-15,25H2,1-2H3,(H3,26,27,28,30). The van der Waals surface area contributed by atoms with Gasteiger partial charge in [-0.05, 0) is 36.6 Å². The van der Waals surface area contributed by atoms with E-state index in [0.717, 1.165) is 17.7 Å². The Balaban J connectivity index is 1.65. The molecule has 1 atom stereocenters. The van der Waals surface area contributed by atoms with Crippen molar-refractivity contribution in [1.29, 1.82) is 0 Å². The molecule has 0 amide bonds. The topological polar surface area (TPSA) is 129 Å². The van der Waals surface area contributed by atoms with Crippen LogP contribution in [0, 0.1) is 5.92 Å². The van der Waals surface area contributed by atoms with E-state index in [1.807, 2.05) is 36.4 Å². The van der Waals surface area contributed by atoms with Gasteiger partial charge in [-0.2, -0.15) is 4.99 Å². The number of aliphatic imine (C=N–C) groups is 1. The highest BCUT2D eigenvalue weighted by Crippen LogP contribution is 2.25. The third-order valence-corrected chi connectivity index (χ3v) is 4.53. The van der Waals surface area contributed by atoms with E-state index in [2.05, 4.69) is 34.4 Å². The maximum absolute atomic E-state index is 12.3. The molecule has 3 rings (SSSR count). The van der Waals surface area contributed by atoms with Crippen LogP contribution in [0.3, 0.4) is 0 Å². The SMILES string of the molecule is CC(C)CC(N)CC(=O)Oc1ccccc1NC(N)=Nc1ccc(-c2ccccc2)nn1. The minimum atomic E-state index is -0.398. The summed E-state index contributed by atoms with van der Waals surface area (Å²) < 4.78 is 5.49. The highest BCUT2D eigenvalue weighted by Gasteiger charge is 2.15. The lowest BCUT2D eigenvalue weighted by atomic mass is 10.0. The van der Waals surface area contributed by atoms with Gasteiger partial charge < -0.3 is 21.5 Å². The third-order valence-electron chi connectivity index (χ3n) is 4.53. The monoisotopic (exact) mass is 432 g/mol. The predicted octanol–water partition coefficient (Wildman–Crippen LogP) is 3.87. The van der Waals surface area contributed by atoms with Gasteiger partial charge in [-0.1, -0.05) is 56.3 Å². The number of aromatic nitrogens is 2. The summed E-state index contributed by atoms with van der Waals surface area (Å²) >= 11 is 0. The molecule has 0 aliphatic heterocycles.